The van der Waals surface area contributed by atoms with E-state index in [1.807, 2.05) is 0 Å². The molecule has 4 nitrogen and oxygen atoms in total. The number of aromatic hydroxyl groups is 1. The smallest absolute Gasteiger partial charge is 0.168 e. The SMILES string of the molecule is Oc1cnn(C2CCCCO2)c1Br. The zero-order chi connectivity index (χ0) is 9.26. The van der Waals surface area contributed by atoms with Crippen LogP contribution < -0.4 is 0 Å². The maximum absolute atomic E-state index is 9.28. The highest BCUT2D eigenvalue weighted by Crippen LogP contribution is 2.30. The lowest BCUT2D eigenvalue weighted by Gasteiger charge is -2.23. The van der Waals surface area contributed by atoms with Crippen LogP contribution in [0.15, 0.2) is 10.8 Å². The molecule has 5 heteroatoms. The molecule has 72 valence electrons. The van der Waals surface area contributed by atoms with Gasteiger partial charge in [0, 0.05) is 6.61 Å². The van der Waals surface area contributed by atoms with Gasteiger partial charge in [-0.25, -0.2) is 4.68 Å². The highest BCUT2D eigenvalue weighted by molar-refractivity contribution is 9.10. The second kappa shape index (κ2) is 3.67. The molecule has 2 rings (SSSR count). The Morgan fingerprint density at radius 1 is 1.62 bits per heavy atom. The first kappa shape index (κ1) is 9.02. The number of rotatable bonds is 1. The molecule has 0 bridgehead atoms. The molecule has 1 aromatic rings. The minimum atomic E-state index is -0.0241. The maximum atomic E-state index is 9.28. The van der Waals surface area contributed by atoms with Crippen LogP contribution in [0.5, 0.6) is 5.75 Å². The van der Waals surface area contributed by atoms with E-state index in [9.17, 15) is 5.11 Å². The van der Waals surface area contributed by atoms with Gasteiger partial charge in [0.05, 0.1) is 6.20 Å². The van der Waals surface area contributed by atoms with E-state index in [1.165, 1.54) is 6.20 Å². The summed E-state index contributed by atoms with van der Waals surface area (Å²) >= 11 is 3.26. The molecule has 1 fully saturated rings. The van der Waals surface area contributed by atoms with Crippen molar-refractivity contribution >= 4 is 15.9 Å². The summed E-state index contributed by atoms with van der Waals surface area (Å²) in [5.41, 5.74) is 0. The lowest BCUT2D eigenvalue weighted by molar-refractivity contribution is -0.0410. The highest BCUT2D eigenvalue weighted by atomic mass is 79.9. The molecule has 0 spiro atoms. The number of halogens is 1. The van der Waals surface area contributed by atoms with E-state index in [-0.39, 0.29) is 12.0 Å². The van der Waals surface area contributed by atoms with E-state index in [0.717, 1.165) is 25.9 Å². The fraction of sp³-hybridized carbons (Fsp3) is 0.625. The van der Waals surface area contributed by atoms with E-state index in [4.69, 9.17) is 4.74 Å². The van der Waals surface area contributed by atoms with Crippen molar-refractivity contribution in [3.63, 3.8) is 0 Å². The van der Waals surface area contributed by atoms with Crippen LogP contribution in [0.1, 0.15) is 25.5 Å². The second-order valence-corrected chi connectivity index (χ2v) is 3.84. The summed E-state index contributed by atoms with van der Waals surface area (Å²) in [5, 5.41) is 13.3. The van der Waals surface area contributed by atoms with Crippen LogP contribution in [0.25, 0.3) is 0 Å². The molecule has 0 aromatic carbocycles. The van der Waals surface area contributed by atoms with E-state index >= 15 is 0 Å². The van der Waals surface area contributed by atoms with E-state index < -0.39 is 0 Å². The van der Waals surface area contributed by atoms with Crippen LogP contribution in [-0.4, -0.2) is 21.5 Å². The third kappa shape index (κ3) is 1.71. The Hall–Kier alpha value is -0.550. The normalized spacial score (nSPS) is 23.3. The van der Waals surface area contributed by atoms with Crippen molar-refractivity contribution in [2.45, 2.75) is 25.5 Å². The van der Waals surface area contributed by atoms with E-state index in [2.05, 4.69) is 21.0 Å². The van der Waals surface area contributed by atoms with Crippen molar-refractivity contribution in [2.75, 3.05) is 6.61 Å². The molecule has 0 aliphatic carbocycles. The first-order valence-corrected chi connectivity index (χ1v) is 5.12. The fourth-order valence-corrected chi connectivity index (χ4v) is 1.88. The molecule has 1 aliphatic heterocycles. The van der Waals surface area contributed by atoms with Crippen molar-refractivity contribution in [3.05, 3.63) is 10.8 Å². The monoisotopic (exact) mass is 246 g/mol. The van der Waals surface area contributed by atoms with Gasteiger partial charge in [-0.1, -0.05) is 0 Å². The first-order valence-electron chi connectivity index (χ1n) is 4.32. The molecule has 1 unspecified atom stereocenters. The third-order valence-corrected chi connectivity index (χ3v) is 2.91. The van der Waals surface area contributed by atoms with Gasteiger partial charge in [-0.2, -0.15) is 5.10 Å². The van der Waals surface area contributed by atoms with Gasteiger partial charge in [0.2, 0.25) is 0 Å². The molecule has 0 amide bonds. The summed E-state index contributed by atoms with van der Waals surface area (Å²) in [5.74, 6) is 0.161. The zero-order valence-electron chi connectivity index (χ0n) is 7.11. The predicted molar refractivity (Wildman–Crippen MR) is 50.4 cm³/mol. The number of nitrogens with zero attached hydrogens (tertiary/aromatic N) is 2. The molecular weight excluding hydrogens is 236 g/mol. The summed E-state index contributed by atoms with van der Waals surface area (Å²) in [7, 11) is 0. The lowest BCUT2D eigenvalue weighted by atomic mass is 10.2. The van der Waals surface area contributed by atoms with Gasteiger partial charge >= 0.3 is 0 Å². The Morgan fingerprint density at radius 2 is 2.46 bits per heavy atom. The van der Waals surface area contributed by atoms with Crippen LogP contribution in [0.3, 0.4) is 0 Å². The lowest BCUT2D eigenvalue weighted by Crippen LogP contribution is -2.19. The number of hydrogen-bond acceptors (Lipinski definition) is 3. The van der Waals surface area contributed by atoms with Crippen molar-refractivity contribution in [3.8, 4) is 5.75 Å². The van der Waals surface area contributed by atoms with Crippen LogP contribution in [0, 0.1) is 0 Å². The van der Waals surface area contributed by atoms with Gasteiger partial charge in [0.25, 0.3) is 0 Å². The molecule has 0 saturated carbocycles. The molecular formula is C8H11BrN2O2. The topological polar surface area (TPSA) is 47.3 Å². The van der Waals surface area contributed by atoms with Gasteiger partial charge in [0.1, 0.15) is 4.60 Å². The Balaban J connectivity index is 2.18. The Kier molecular flexibility index (Phi) is 2.55. The van der Waals surface area contributed by atoms with Gasteiger partial charge in [0.15, 0.2) is 12.0 Å². The number of ether oxygens (including phenoxy) is 1. The number of hydrogen-bond donors (Lipinski definition) is 1. The molecule has 1 aliphatic rings. The maximum Gasteiger partial charge on any atom is 0.168 e. The molecule has 1 saturated heterocycles. The Morgan fingerprint density at radius 3 is 3.00 bits per heavy atom. The molecule has 2 heterocycles. The summed E-state index contributed by atoms with van der Waals surface area (Å²) in [6.07, 6.45) is 4.62. The van der Waals surface area contributed by atoms with Crippen LogP contribution in [-0.2, 0) is 4.74 Å². The van der Waals surface area contributed by atoms with Crippen molar-refractivity contribution in [1.82, 2.24) is 9.78 Å². The summed E-state index contributed by atoms with van der Waals surface area (Å²) in [6.45, 7) is 0.776. The minimum Gasteiger partial charge on any atom is -0.504 e. The van der Waals surface area contributed by atoms with Gasteiger partial charge in [-0.3, -0.25) is 0 Å². The van der Waals surface area contributed by atoms with Crippen molar-refractivity contribution in [2.24, 2.45) is 0 Å². The van der Waals surface area contributed by atoms with Gasteiger partial charge in [-0.15, -0.1) is 0 Å². The largest absolute Gasteiger partial charge is 0.504 e. The summed E-state index contributed by atoms with van der Waals surface area (Å²) in [6, 6.07) is 0. The molecule has 1 aromatic heterocycles. The van der Waals surface area contributed by atoms with Gasteiger partial charge < -0.3 is 9.84 Å². The standard InChI is InChI=1S/C8H11BrN2O2/c9-8-6(12)5-10-11(8)7-3-1-2-4-13-7/h5,7,12H,1-4H2. The summed E-state index contributed by atoms with van der Waals surface area (Å²) < 4.78 is 7.79. The van der Waals surface area contributed by atoms with Crippen LogP contribution >= 0.6 is 15.9 Å². The van der Waals surface area contributed by atoms with Crippen molar-refractivity contribution in [1.29, 1.82) is 0 Å². The average molecular weight is 247 g/mol. The zero-order valence-corrected chi connectivity index (χ0v) is 8.70. The fourth-order valence-electron chi connectivity index (χ4n) is 1.46. The Labute approximate surface area is 84.6 Å². The number of aromatic nitrogens is 2. The molecule has 1 N–H and O–H groups in total. The van der Waals surface area contributed by atoms with E-state index in [0.29, 0.717) is 4.60 Å². The molecule has 13 heavy (non-hydrogen) atoms. The van der Waals surface area contributed by atoms with E-state index in [1.54, 1.807) is 4.68 Å². The second-order valence-electron chi connectivity index (χ2n) is 3.09. The quantitative estimate of drug-likeness (QED) is 0.826. The third-order valence-electron chi connectivity index (χ3n) is 2.15. The molecule has 0 radical (unpaired) electrons. The Bertz CT molecular complexity index is 294. The van der Waals surface area contributed by atoms with Gasteiger partial charge in [-0.05, 0) is 35.2 Å². The minimum absolute atomic E-state index is 0.0241. The van der Waals surface area contributed by atoms with Crippen LogP contribution in [0.4, 0.5) is 0 Å². The predicted octanol–water partition coefficient (Wildman–Crippen LogP) is 2.05. The van der Waals surface area contributed by atoms with Crippen molar-refractivity contribution < 1.29 is 9.84 Å². The summed E-state index contributed by atoms with van der Waals surface area (Å²) in [4.78, 5) is 0. The first-order chi connectivity index (χ1) is 6.29. The highest BCUT2D eigenvalue weighted by Gasteiger charge is 2.19. The van der Waals surface area contributed by atoms with Crippen LogP contribution in [0.2, 0.25) is 0 Å². The average Bonchev–Trinajstić information content (AvgIpc) is 2.49. The molecule has 1 atom stereocenters.